The molecule has 2 N–H and O–H groups in total. The summed E-state index contributed by atoms with van der Waals surface area (Å²) in [6, 6.07) is 5.68. The molecule has 0 saturated heterocycles. The van der Waals surface area contributed by atoms with Crippen LogP contribution in [0, 0.1) is 12.7 Å². The van der Waals surface area contributed by atoms with Crippen molar-refractivity contribution in [1.29, 1.82) is 0 Å². The maximum absolute atomic E-state index is 13.3. The van der Waals surface area contributed by atoms with Crippen molar-refractivity contribution in [3.8, 4) is 0 Å². The number of aromatic nitrogens is 2. The first-order valence-corrected chi connectivity index (χ1v) is 8.98. The first kappa shape index (κ1) is 19.5. The number of hydrogen-bond acceptors (Lipinski definition) is 4. The van der Waals surface area contributed by atoms with E-state index in [9.17, 15) is 4.39 Å². The second kappa shape index (κ2) is 9.59. The lowest BCUT2D eigenvalue weighted by atomic mass is 10.0. The number of aryl methyl sites for hydroxylation is 1. The first-order valence-electron chi connectivity index (χ1n) is 8.98. The van der Waals surface area contributed by atoms with E-state index in [0.717, 1.165) is 42.9 Å². The zero-order valence-corrected chi connectivity index (χ0v) is 15.5. The molecule has 0 aromatic carbocycles. The fraction of sp³-hybridized carbons (Fsp3) is 0.500. The lowest BCUT2D eigenvalue weighted by molar-refractivity contribution is 0.244. The van der Waals surface area contributed by atoms with Crippen molar-refractivity contribution in [2.45, 2.75) is 52.6 Å². The zero-order chi connectivity index (χ0) is 18.2. The van der Waals surface area contributed by atoms with Gasteiger partial charge in [0.25, 0.3) is 0 Å². The van der Waals surface area contributed by atoms with Gasteiger partial charge in [-0.05, 0) is 62.0 Å². The maximum atomic E-state index is 13.3. The number of rotatable bonds is 9. The van der Waals surface area contributed by atoms with Gasteiger partial charge in [-0.25, -0.2) is 4.39 Å². The van der Waals surface area contributed by atoms with E-state index in [4.69, 9.17) is 5.73 Å². The maximum Gasteiger partial charge on any atom is 0.141 e. The van der Waals surface area contributed by atoms with Crippen LogP contribution in [0.5, 0.6) is 0 Å². The van der Waals surface area contributed by atoms with Gasteiger partial charge in [0.2, 0.25) is 0 Å². The first-order chi connectivity index (χ1) is 12.0. The van der Waals surface area contributed by atoms with Crippen LogP contribution in [0.25, 0.3) is 0 Å². The minimum atomic E-state index is -0.289. The second-order valence-electron chi connectivity index (χ2n) is 6.82. The van der Waals surface area contributed by atoms with Crippen LogP contribution in [0.2, 0.25) is 0 Å². The summed E-state index contributed by atoms with van der Waals surface area (Å²) in [6.07, 6.45) is 5.16. The Hall–Kier alpha value is -1.85. The van der Waals surface area contributed by atoms with E-state index in [1.165, 1.54) is 11.8 Å². The predicted molar refractivity (Wildman–Crippen MR) is 99.7 cm³/mol. The molecule has 0 saturated carbocycles. The second-order valence-corrected chi connectivity index (χ2v) is 6.82. The van der Waals surface area contributed by atoms with Gasteiger partial charge >= 0.3 is 0 Å². The topological polar surface area (TPSA) is 55.0 Å². The molecule has 2 aromatic rings. The number of pyridine rings is 2. The van der Waals surface area contributed by atoms with Gasteiger partial charge in [0, 0.05) is 19.3 Å². The van der Waals surface area contributed by atoms with E-state index in [1.54, 1.807) is 6.07 Å². The van der Waals surface area contributed by atoms with Gasteiger partial charge in [0.1, 0.15) is 5.82 Å². The van der Waals surface area contributed by atoms with Crippen molar-refractivity contribution < 1.29 is 4.39 Å². The van der Waals surface area contributed by atoms with Gasteiger partial charge < -0.3 is 5.73 Å². The number of hydrogen-bond donors (Lipinski definition) is 1. The molecule has 0 radical (unpaired) electrons. The lowest BCUT2D eigenvalue weighted by Crippen LogP contribution is -2.26. The normalized spacial score (nSPS) is 11.5. The molecule has 5 heteroatoms. The van der Waals surface area contributed by atoms with Gasteiger partial charge in [0.15, 0.2) is 0 Å². The number of nitrogens with zero attached hydrogens (tertiary/aromatic N) is 3. The molecule has 2 rings (SSSR count). The summed E-state index contributed by atoms with van der Waals surface area (Å²) < 4.78 is 13.3. The minimum absolute atomic E-state index is 0.289. The molecule has 0 aliphatic heterocycles. The smallest absolute Gasteiger partial charge is 0.141 e. The van der Waals surface area contributed by atoms with Crippen LogP contribution in [0.4, 0.5) is 4.39 Å². The summed E-state index contributed by atoms with van der Waals surface area (Å²) in [4.78, 5) is 11.2. The fourth-order valence-corrected chi connectivity index (χ4v) is 2.96. The molecule has 25 heavy (non-hydrogen) atoms. The van der Waals surface area contributed by atoms with Crippen molar-refractivity contribution in [2.24, 2.45) is 5.73 Å². The molecule has 0 aliphatic carbocycles. The Bertz CT molecular complexity index is 672. The summed E-state index contributed by atoms with van der Waals surface area (Å²) in [5.41, 5.74) is 9.81. The number of nitrogens with two attached hydrogens (primary N) is 1. The Morgan fingerprint density at radius 1 is 1.16 bits per heavy atom. The molecular formula is C20H29FN4. The van der Waals surface area contributed by atoms with E-state index in [-0.39, 0.29) is 5.82 Å². The zero-order valence-electron chi connectivity index (χ0n) is 15.5. The molecule has 0 atom stereocenters. The van der Waals surface area contributed by atoms with E-state index < -0.39 is 0 Å². The van der Waals surface area contributed by atoms with Crippen LogP contribution >= 0.6 is 0 Å². The highest BCUT2D eigenvalue weighted by atomic mass is 19.1. The summed E-state index contributed by atoms with van der Waals surface area (Å²) >= 11 is 0. The van der Waals surface area contributed by atoms with Crippen molar-refractivity contribution in [1.82, 2.24) is 14.9 Å². The predicted octanol–water partition coefficient (Wildman–Crippen LogP) is 3.79. The molecule has 136 valence electrons. The van der Waals surface area contributed by atoms with Gasteiger partial charge in [-0.2, -0.15) is 0 Å². The third kappa shape index (κ3) is 5.87. The Morgan fingerprint density at radius 3 is 2.60 bits per heavy atom. The molecule has 4 nitrogen and oxygen atoms in total. The minimum Gasteiger partial charge on any atom is -0.330 e. The van der Waals surface area contributed by atoms with E-state index in [1.807, 2.05) is 19.2 Å². The van der Waals surface area contributed by atoms with Crippen LogP contribution in [0.1, 0.15) is 55.1 Å². The summed E-state index contributed by atoms with van der Waals surface area (Å²) in [7, 11) is 0. The van der Waals surface area contributed by atoms with Crippen molar-refractivity contribution in [3.63, 3.8) is 0 Å². The van der Waals surface area contributed by atoms with E-state index in [0.29, 0.717) is 19.0 Å². The average Bonchev–Trinajstić information content (AvgIpc) is 2.57. The monoisotopic (exact) mass is 344 g/mol. The standard InChI is InChI=1S/C20H29FN4/c1-15(2)18-7-6-9-23-20(18)14-25(10-5-4-8-22)13-19-16(3)11-17(21)12-24-19/h6-7,9,11-12,15H,4-5,8,10,13-14,22H2,1-3H3. The molecule has 2 aromatic heterocycles. The van der Waals surface area contributed by atoms with Crippen LogP contribution < -0.4 is 5.73 Å². The molecule has 0 amide bonds. The molecule has 0 aliphatic rings. The summed E-state index contributed by atoms with van der Waals surface area (Å²) in [5, 5.41) is 0. The van der Waals surface area contributed by atoms with Crippen LogP contribution in [0.3, 0.4) is 0 Å². The van der Waals surface area contributed by atoms with Gasteiger partial charge in [-0.1, -0.05) is 19.9 Å². The van der Waals surface area contributed by atoms with E-state index >= 15 is 0 Å². The molecule has 0 spiro atoms. The average molecular weight is 344 g/mol. The number of halogens is 1. The highest BCUT2D eigenvalue weighted by Crippen LogP contribution is 2.20. The third-order valence-electron chi connectivity index (χ3n) is 4.38. The number of unbranched alkanes of at least 4 members (excludes halogenated alkanes) is 1. The molecule has 0 fully saturated rings. The summed E-state index contributed by atoms with van der Waals surface area (Å²) in [5.74, 6) is 0.142. The van der Waals surface area contributed by atoms with Crippen LogP contribution in [0.15, 0.2) is 30.6 Å². The van der Waals surface area contributed by atoms with Crippen molar-refractivity contribution in [2.75, 3.05) is 13.1 Å². The van der Waals surface area contributed by atoms with Gasteiger partial charge in [0.05, 0.1) is 17.6 Å². The molecule has 0 bridgehead atoms. The molecule has 2 heterocycles. The Morgan fingerprint density at radius 2 is 1.92 bits per heavy atom. The third-order valence-corrected chi connectivity index (χ3v) is 4.38. The Kier molecular flexibility index (Phi) is 7.47. The van der Waals surface area contributed by atoms with Crippen LogP contribution in [-0.4, -0.2) is 28.0 Å². The van der Waals surface area contributed by atoms with E-state index in [2.05, 4.69) is 34.8 Å². The molecule has 0 unspecified atom stereocenters. The highest BCUT2D eigenvalue weighted by molar-refractivity contribution is 5.23. The largest absolute Gasteiger partial charge is 0.330 e. The fourth-order valence-electron chi connectivity index (χ4n) is 2.96. The van der Waals surface area contributed by atoms with Crippen molar-refractivity contribution in [3.05, 3.63) is 58.9 Å². The lowest BCUT2D eigenvalue weighted by Gasteiger charge is -2.24. The Labute approximate surface area is 150 Å². The summed E-state index contributed by atoms with van der Waals surface area (Å²) in [6.45, 7) is 9.34. The van der Waals surface area contributed by atoms with Crippen molar-refractivity contribution >= 4 is 0 Å². The Balaban J connectivity index is 2.18. The molecular weight excluding hydrogens is 315 g/mol. The van der Waals surface area contributed by atoms with Gasteiger partial charge in [-0.3, -0.25) is 14.9 Å². The van der Waals surface area contributed by atoms with Crippen LogP contribution in [-0.2, 0) is 13.1 Å². The SMILES string of the molecule is Cc1cc(F)cnc1CN(CCCCN)Cc1ncccc1C(C)C. The van der Waals surface area contributed by atoms with Gasteiger partial charge in [-0.15, -0.1) is 0 Å². The highest BCUT2D eigenvalue weighted by Gasteiger charge is 2.14. The quantitative estimate of drug-likeness (QED) is 0.703.